The molecule has 2 rings (SSSR count). The average molecular weight is 225 g/mol. The first-order valence-electron chi connectivity index (χ1n) is 7.04. The molecule has 3 nitrogen and oxygen atoms in total. The van der Waals surface area contributed by atoms with Gasteiger partial charge >= 0.3 is 0 Å². The summed E-state index contributed by atoms with van der Waals surface area (Å²) in [6.07, 6.45) is 6.94. The lowest BCUT2D eigenvalue weighted by molar-refractivity contribution is 0.208. The molecule has 0 aromatic carbocycles. The normalized spacial score (nSPS) is 29.4. The second-order valence-corrected chi connectivity index (χ2v) is 5.46. The van der Waals surface area contributed by atoms with E-state index in [0.29, 0.717) is 6.04 Å². The summed E-state index contributed by atoms with van der Waals surface area (Å²) in [5.41, 5.74) is 0. The molecule has 0 amide bonds. The number of nitrogens with zero attached hydrogens (tertiary/aromatic N) is 1. The van der Waals surface area contributed by atoms with E-state index in [9.17, 15) is 0 Å². The summed E-state index contributed by atoms with van der Waals surface area (Å²) in [7, 11) is 0. The van der Waals surface area contributed by atoms with Crippen LogP contribution in [0.2, 0.25) is 0 Å². The highest BCUT2D eigenvalue weighted by molar-refractivity contribution is 4.79. The Labute approximate surface area is 100.0 Å². The fourth-order valence-electron chi connectivity index (χ4n) is 2.87. The fraction of sp³-hybridized carbons (Fsp3) is 1.00. The Hall–Kier alpha value is -0.120. The average Bonchev–Trinajstić information content (AvgIpc) is 2.81. The second kappa shape index (κ2) is 6.58. The van der Waals surface area contributed by atoms with E-state index in [0.717, 1.165) is 12.6 Å². The topological polar surface area (TPSA) is 27.3 Å². The molecule has 2 unspecified atom stereocenters. The van der Waals surface area contributed by atoms with E-state index in [4.69, 9.17) is 0 Å². The minimum atomic E-state index is 0.639. The van der Waals surface area contributed by atoms with Crippen LogP contribution in [0, 0.1) is 0 Å². The van der Waals surface area contributed by atoms with Gasteiger partial charge in [-0.15, -0.1) is 0 Å². The molecule has 2 aliphatic heterocycles. The van der Waals surface area contributed by atoms with E-state index in [2.05, 4.69) is 22.5 Å². The van der Waals surface area contributed by atoms with Gasteiger partial charge in [0.1, 0.15) is 0 Å². The van der Waals surface area contributed by atoms with Gasteiger partial charge in [-0.2, -0.15) is 0 Å². The van der Waals surface area contributed by atoms with Gasteiger partial charge in [0.2, 0.25) is 0 Å². The highest BCUT2D eigenvalue weighted by atomic mass is 15.2. The quantitative estimate of drug-likeness (QED) is 0.736. The van der Waals surface area contributed by atoms with Crippen molar-refractivity contribution in [2.45, 2.75) is 51.1 Å². The first-order chi connectivity index (χ1) is 7.84. The van der Waals surface area contributed by atoms with Crippen molar-refractivity contribution >= 4 is 0 Å². The SMILES string of the molecule is CC(CN1CCCCC1)NCC1CCCN1. The third-order valence-corrected chi connectivity index (χ3v) is 3.86. The van der Waals surface area contributed by atoms with Crippen molar-refractivity contribution in [3.63, 3.8) is 0 Å². The molecule has 0 saturated carbocycles. The van der Waals surface area contributed by atoms with E-state index < -0.39 is 0 Å². The predicted molar refractivity (Wildman–Crippen MR) is 68.8 cm³/mol. The van der Waals surface area contributed by atoms with Gasteiger partial charge in [0.25, 0.3) is 0 Å². The first kappa shape index (κ1) is 12.3. The Bertz CT molecular complexity index is 184. The summed E-state index contributed by atoms with van der Waals surface area (Å²) in [5.74, 6) is 0. The summed E-state index contributed by atoms with van der Waals surface area (Å²) in [4.78, 5) is 2.61. The number of likely N-dealkylation sites (tertiary alicyclic amines) is 1. The van der Waals surface area contributed by atoms with Crippen molar-refractivity contribution < 1.29 is 0 Å². The predicted octanol–water partition coefficient (Wildman–Crippen LogP) is 1.20. The van der Waals surface area contributed by atoms with E-state index in [-0.39, 0.29) is 0 Å². The van der Waals surface area contributed by atoms with Crippen LogP contribution in [0.5, 0.6) is 0 Å². The van der Waals surface area contributed by atoms with Gasteiger partial charge in [0.15, 0.2) is 0 Å². The van der Waals surface area contributed by atoms with Crippen molar-refractivity contribution in [3.05, 3.63) is 0 Å². The molecule has 0 radical (unpaired) electrons. The molecular weight excluding hydrogens is 198 g/mol. The van der Waals surface area contributed by atoms with Gasteiger partial charge < -0.3 is 15.5 Å². The third kappa shape index (κ3) is 4.04. The van der Waals surface area contributed by atoms with Crippen molar-refractivity contribution in [1.82, 2.24) is 15.5 Å². The molecule has 2 atom stereocenters. The molecule has 0 aliphatic carbocycles. The fourth-order valence-corrected chi connectivity index (χ4v) is 2.87. The van der Waals surface area contributed by atoms with Crippen LogP contribution in [0.4, 0.5) is 0 Å². The van der Waals surface area contributed by atoms with Gasteiger partial charge in [-0.25, -0.2) is 0 Å². The van der Waals surface area contributed by atoms with Gasteiger partial charge in [0.05, 0.1) is 0 Å². The maximum absolute atomic E-state index is 3.67. The molecule has 3 heteroatoms. The molecule has 0 aromatic heterocycles. The number of hydrogen-bond acceptors (Lipinski definition) is 3. The Morgan fingerprint density at radius 1 is 1.25 bits per heavy atom. The highest BCUT2D eigenvalue weighted by Gasteiger charge is 2.16. The third-order valence-electron chi connectivity index (χ3n) is 3.86. The maximum atomic E-state index is 3.67. The van der Waals surface area contributed by atoms with Crippen LogP contribution in [0.1, 0.15) is 39.0 Å². The van der Waals surface area contributed by atoms with Gasteiger partial charge in [-0.1, -0.05) is 6.42 Å². The van der Waals surface area contributed by atoms with Crippen LogP contribution in [0.25, 0.3) is 0 Å². The number of piperidine rings is 1. The van der Waals surface area contributed by atoms with E-state index >= 15 is 0 Å². The Balaban J connectivity index is 1.57. The lowest BCUT2D eigenvalue weighted by Crippen LogP contribution is -2.45. The van der Waals surface area contributed by atoms with E-state index in [1.54, 1.807) is 0 Å². The zero-order valence-electron chi connectivity index (χ0n) is 10.7. The zero-order valence-corrected chi connectivity index (χ0v) is 10.7. The van der Waals surface area contributed by atoms with E-state index in [1.165, 1.54) is 58.3 Å². The van der Waals surface area contributed by atoms with Crippen LogP contribution in [-0.4, -0.2) is 49.7 Å². The monoisotopic (exact) mass is 225 g/mol. The molecule has 2 heterocycles. The first-order valence-corrected chi connectivity index (χ1v) is 7.04. The summed E-state index contributed by atoms with van der Waals surface area (Å²) >= 11 is 0. The van der Waals surface area contributed by atoms with Crippen LogP contribution in [0.15, 0.2) is 0 Å². The molecule has 0 bridgehead atoms. The molecule has 0 aromatic rings. The van der Waals surface area contributed by atoms with Gasteiger partial charge in [0, 0.05) is 25.2 Å². The summed E-state index contributed by atoms with van der Waals surface area (Å²) in [6.45, 7) is 8.54. The highest BCUT2D eigenvalue weighted by Crippen LogP contribution is 2.09. The molecule has 16 heavy (non-hydrogen) atoms. The lowest BCUT2D eigenvalue weighted by atomic mass is 10.1. The van der Waals surface area contributed by atoms with Crippen molar-refractivity contribution in [2.24, 2.45) is 0 Å². The summed E-state index contributed by atoms with van der Waals surface area (Å²) in [5, 5.41) is 7.21. The molecule has 94 valence electrons. The van der Waals surface area contributed by atoms with Crippen molar-refractivity contribution in [2.75, 3.05) is 32.7 Å². The van der Waals surface area contributed by atoms with Crippen LogP contribution in [-0.2, 0) is 0 Å². The van der Waals surface area contributed by atoms with Crippen molar-refractivity contribution in [1.29, 1.82) is 0 Å². The Kier molecular flexibility index (Phi) is 5.07. The molecule has 2 saturated heterocycles. The molecule has 2 aliphatic rings. The second-order valence-electron chi connectivity index (χ2n) is 5.46. The standard InChI is InChI=1S/C13H27N3/c1-12(11-16-8-3-2-4-9-16)15-10-13-6-5-7-14-13/h12-15H,2-11H2,1H3. The van der Waals surface area contributed by atoms with Crippen molar-refractivity contribution in [3.8, 4) is 0 Å². The minimum Gasteiger partial charge on any atom is -0.313 e. The molecule has 2 N–H and O–H groups in total. The van der Waals surface area contributed by atoms with Crippen LogP contribution >= 0.6 is 0 Å². The molecule has 0 spiro atoms. The number of nitrogens with one attached hydrogen (secondary N) is 2. The molecular formula is C13H27N3. The Morgan fingerprint density at radius 3 is 2.75 bits per heavy atom. The van der Waals surface area contributed by atoms with Gasteiger partial charge in [-0.05, 0) is 52.2 Å². The summed E-state index contributed by atoms with van der Waals surface area (Å²) in [6, 6.07) is 1.37. The summed E-state index contributed by atoms with van der Waals surface area (Å²) < 4.78 is 0. The maximum Gasteiger partial charge on any atom is 0.0193 e. The van der Waals surface area contributed by atoms with Crippen LogP contribution < -0.4 is 10.6 Å². The minimum absolute atomic E-state index is 0.639. The number of rotatable bonds is 5. The lowest BCUT2D eigenvalue weighted by Gasteiger charge is -2.29. The molecule has 2 fully saturated rings. The zero-order chi connectivity index (χ0) is 11.2. The van der Waals surface area contributed by atoms with Gasteiger partial charge in [-0.3, -0.25) is 0 Å². The Morgan fingerprint density at radius 2 is 2.06 bits per heavy atom. The van der Waals surface area contributed by atoms with Crippen LogP contribution in [0.3, 0.4) is 0 Å². The largest absolute Gasteiger partial charge is 0.313 e. The van der Waals surface area contributed by atoms with E-state index in [1.807, 2.05) is 0 Å². The smallest absolute Gasteiger partial charge is 0.0193 e. The number of hydrogen-bond donors (Lipinski definition) is 2.